The van der Waals surface area contributed by atoms with Crippen LogP contribution in [0.2, 0.25) is 0 Å². The van der Waals surface area contributed by atoms with Gasteiger partial charge in [0.1, 0.15) is 0 Å². The molecule has 1 aromatic carbocycles. The topological polar surface area (TPSA) is 0 Å². The van der Waals surface area contributed by atoms with Crippen LogP contribution in [0.15, 0.2) is 35.9 Å². The molecule has 1 aliphatic rings. The molecule has 0 radical (unpaired) electrons. The highest BCUT2D eigenvalue weighted by atomic mass is 14.2. The maximum Gasteiger partial charge on any atom is -0.0225 e. The first-order chi connectivity index (χ1) is 5.92. The van der Waals surface area contributed by atoms with E-state index in [0.29, 0.717) is 0 Å². The predicted molar refractivity (Wildman–Crippen MR) is 59.6 cm³/mol. The average molecular weight is 174 g/mol. The Balaban J connectivity index is 0.000000845. The molecule has 2 rings (SSSR count). The van der Waals surface area contributed by atoms with Crippen molar-refractivity contribution in [3.8, 4) is 0 Å². The van der Waals surface area contributed by atoms with Crippen LogP contribution >= 0.6 is 0 Å². The number of rotatable bonds is 2. The Hall–Kier alpha value is -1.04. The van der Waals surface area contributed by atoms with E-state index < -0.39 is 0 Å². The highest BCUT2D eigenvalue weighted by Gasteiger charge is 2.16. The van der Waals surface area contributed by atoms with Crippen molar-refractivity contribution in [1.82, 2.24) is 0 Å². The molecule has 1 aliphatic carbocycles. The molecule has 1 aromatic rings. The molecule has 1 fully saturated rings. The lowest BCUT2D eigenvalue weighted by atomic mass is 10.0. The molecule has 13 heavy (non-hydrogen) atoms. The summed E-state index contributed by atoms with van der Waals surface area (Å²) in [5.74, 6) is 0. The van der Waals surface area contributed by atoms with E-state index in [2.05, 4.69) is 37.3 Å². The van der Waals surface area contributed by atoms with Gasteiger partial charge in [0.05, 0.1) is 0 Å². The van der Waals surface area contributed by atoms with Gasteiger partial charge in [-0.05, 0) is 30.4 Å². The van der Waals surface area contributed by atoms with Gasteiger partial charge in [-0.3, -0.25) is 0 Å². The van der Waals surface area contributed by atoms with Gasteiger partial charge in [-0.15, -0.1) is 0 Å². The molecular weight excluding hydrogens is 156 g/mol. The van der Waals surface area contributed by atoms with Crippen molar-refractivity contribution in [2.24, 2.45) is 0 Å². The normalized spacial score (nSPS) is 13.5. The Labute approximate surface area is 81.3 Å². The van der Waals surface area contributed by atoms with Crippen molar-refractivity contribution in [1.29, 1.82) is 0 Å². The van der Waals surface area contributed by atoms with E-state index in [4.69, 9.17) is 0 Å². The summed E-state index contributed by atoms with van der Waals surface area (Å²) in [7, 11) is 0. The van der Waals surface area contributed by atoms with E-state index in [9.17, 15) is 0 Å². The van der Waals surface area contributed by atoms with Crippen molar-refractivity contribution < 1.29 is 0 Å². The van der Waals surface area contributed by atoms with E-state index in [1.807, 2.05) is 0 Å². The second-order valence-electron chi connectivity index (χ2n) is 3.30. The summed E-state index contributed by atoms with van der Waals surface area (Å²) in [4.78, 5) is 0. The third-order valence-corrected chi connectivity index (χ3v) is 2.40. The van der Waals surface area contributed by atoms with Crippen molar-refractivity contribution in [3.05, 3.63) is 41.5 Å². The Morgan fingerprint density at radius 1 is 1.15 bits per heavy atom. The fourth-order valence-corrected chi connectivity index (χ4v) is 1.66. The number of benzene rings is 1. The van der Waals surface area contributed by atoms with Gasteiger partial charge >= 0.3 is 0 Å². The maximum absolute atomic E-state index is 2.24. The molecule has 0 aromatic heterocycles. The van der Waals surface area contributed by atoms with Crippen molar-refractivity contribution in [3.63, 3.8) is 0 Å². The fourth-order valence-electron chi connectivity index (χ4n) is 1.66. The van der Waals surface area contributed by atoms with Gasteiger partial charge in [0.2, 0.25) is 0 Å². The number of allylic oxidation sites excluding steroid dienone is 2. The molecule has 0 N–H and O–H groups in total. The lowest BCUT2D eigenvalue weighted by Gasteiger charge is -2.02. The summed E-state index contributed by atoms with van der Waals surface area (Å²) < 4.78 is 0. The zero-order valence-corrected chi connectivity index (χ0v) is 7.51. The highest BCUT2D eigenvalue weighted by molar-refractivity contribution is 5.71. The minimum atomic E-state index is 0. The number of hydrogen-bond acceptors (Lipinski definition) is 0. The van der Waals surface area contributed by atoms with Crippen LogP contribution in [-0.4, -0.2) is 0 Å². The van der Waals surface area contributed by atoms with E-state index in [1.165, 1.54) is 24.8 Å². The summed E-state index contributed by atoms with van der Waals surface area (Å²) in [6.07, 6.45) is 3.84. The monoisotopic (exact) mass is 174 g/mol. The number of hydrogen-bond donors (Lipinski definition) is 0. The fraction of sp³-hybridized carbons (Fsp3) is 0.385. The summed E-state index contributed by atoms with van der Waals surface area (Å²) in [5, 5.41) is 0. The third kappa shape index (κ3) is 2.21. The minimum Gasteiger partial charge on any atom is -0.0776 e. The smallest absolute Gasteiger partial charge is 0.0225 e. The Morgan fingerprint density at radius 2 is 1.77 bits per heavy atom. The van der Waals surface area contributed by atoms with Crippen LogP contribution in [0.4, 0.5) is 0 Å². The molecule has 0 amide bonds. The van der Waals surface area contributed by atoms with Crippen molar-refractivity contribution >= 4 is 5.57 Å². The van der Waals surface area contributed by atoms with Crippen LogP contribution < -0.4 is 0 Å². The predicted octanol–water partition coefficient (Wildman–Crippen LogP) is 4.28. The maximum atomic E-state index is 2.24. The Kier molecular flexibility index (Phi) is 3.30. The zero-order chi connectivity index (χ0) is 8.39. The van der Waals surface area contributed by atoms with E-state index >= 15 is 0 Å². The van der Waals surface area contributed by atoms with Crippen molar-refractivity contribution in [2.45, 2.75) is 33.6 Å². The molecule has 0 bridgehead atoms. The van der Waals surface area contributed by atoms with E-state index in [0.717, 1.165) is 0 Å². The quantitative estimate of drug-likeness (QED) is 0.627. The summed E-state index contributed by atoms with van der Waals surface area (Å²) in [5.41, 5.74) is 4.67. The van der Waals surface area contributed by atoms with E-state index in [-0.39, 0.29) is 7.43 Å². The standard InChI is InChI=1S/C12H14.CH4/c1-2-12(11-8-9-11)10-6-4-3-5-7-10;/h3-7H,2,8-9H2,1H3;1H4. The van der Waals surface area contributed by atoms with Gasteiger partial charge in [0, 0.05) is 0 Å². The minimum absolute atomic E-state index is 0. The SMILES string of the molecule is C.CCC(=C1CC1)c1ccccc1. The molecule has 0 saturated heterocycles. The second kappa shape index (κ2) is 4.27. The average Bonchev–Trinajstić information content (AvgIpc) is 2.92. The Bertz CT molecular complexity index is 287. The lowest BCUT2D eigenvalue weighted by molar-refractivity contribution is 1.23. The first kappa shape index (κ1) is 10.0. The molecule has 0 heteroatoms. The summed E-state index contributed by atoms with van der Waals surface area (Å²) in [6, 6.07) is 10.7. The molecule has 0 atom stereocenters. The van der Waals surface area contributed by atoms with Gasteiger partial charge in [-0.25, -0.2) is 0 Å². The molecular formula is C13H18. The van der Waals surface area contributed by atoms with Crippen LogP contribution in [0.5, 0.6) is 0 Å². The van der Waals surface area contributed by atoms with Gasteiger partial charge < -0.3 is 0 Å². The molecule has 0 unspecified atom stereocenters. The summed E-state index contributed by atoms with van der Waals surface area (Å²) >= 11 is 0. The first-order valence-corrected chi connectivity index (χ1v) is 4.68. The molecule has 70 valence electrons. The zero-order valence-electron chi connectivity index (χ0n) is 7.51. The highest BCUT2D eigenvalue weighted by Crippen LogP contribution is 2.37. The van der Waals surface area contributed by atoms with Crippen LogP contribution in [-0.2, 0) is 0 Å². The van der Waals surface area contributed by atoms with Crippen LogP contribution in [0.25, 0.3) is 5.57 Å². The van der Waals surface area contributed by atoms with Crippen LogP contribution in [0, 0.1) is 0 Å². The van der Waals surface area contributed by atoms with E-state index in [1.54, 1.807) is 11.1 Å². The summed E-state index contributed by atoms with van der Waals surface area (Å²) in [6.45, 7) is 2.24. The van der Waals surface area contributed by atoms with Gasteiger partial charge in [0.15, 0.2) is 0 Å². The molecule has 0 nitrogen and oxygen atoms in total. The van der Waals surface area contributed by atoms with Crippen LogP contribution in [0.1, 0.15) is 39.2 Å². The first-order valence-electron chi connectivity index (χ1n) is 4.68. The molecule has 0 spiro atoms. The molecule has 0 aliphatic heterocycles. The van der Waals surface area contributed by atoms with Crippen molar-refractivity contribution in [2.75, 3.05) is 0 Å². The van der Waals surface area contributed by atoms with Gasteiger partial charge in [-0.1, -0.05) is 50.3 Å². The largest absolute Gasteiger partial charge is 0.0776 e. The Morgan fingerprint density at radius 3 is 2.23 bits per heavy atom. The molecule has 0 heterocycles. The lowest BCUT2D eigenvalue weighted by Crippen LogP contribution is -1.80. The van der Waals surface area contributed by atoms with Gasteiger partial charge in [-0.2, -0.15) is 0 Å². The third-order valence-electron chi connectivity index (χ3n) is 2.40. The molecule has 1 saturated carbocycles. The van der Waals surface area contributed by atoms with Gasteiger partial charge in [0.25, 0.3) is 0 Å². The second-order valence-corrected chi connectivity index (χ2v) is 3.30. The van der Waals surface area contributed by atoms with Crippen LogP contribution in [0.3, 0.4) is 0 Å².